The van der Waals surface area contributed by atoms with E-state index in [1.807, 2.05) is 0 Å². The SMILES string of the molecule is Cc1nccc(CNS(=O)(=O)c2cc(Cl)cc(N)c2F)n1. The lowest BCUT2D eigenvalue weighted by Gasteiger charge is -2.09. The van der Waals surface area contributed by atoms with Crippen LogP contribution in [0.1, 0.15) is 11.5 Å². The summed E-state index contributed by atoms with van der Waals surface area (Å²) in [7, 11) is -4.10. The lowest BCUT2D eigenvalue weighted by molar-refractivity contribution is 0.558. The van der Waals surface area contributed by atoms with Gasteiger partial charge in [-0.25, -0.2) is 27.5 Å². The number of rotatable bonds is 4. The van der Waals surface area contributed by atoms with E-state index in [0.29, 0.717) is 11.5 Å². The van der Waals surface area contributed by atoms with Gasteiger partial charge in [-0.2, -0.15) is 0 Å². The van der Waals surface area contributed by atoms with Crippen LogP contribution < -0.4 is 10.5 Å². The summed E-state index contributed by atoms with van der Waals surface area (Å²) in [6, 6.07) is 3.70. The average Bonchev–Trinajstić information content (AvgIpc) is 2.41. The fourth-order valence-electron chi connectivity index (χ4n) is 1.63. The first-order valence-corrected chi connectivity index (χ1v) is 7.68. The number of sulfonamides is 1. The van der Waals surface area contributed by atoms with Crippen molar-refractivity contribution in [2.75, 3.05) is 5.73 Å². The maximum absolute atomic E-state index is 13.8. The predicted octanol–water partition coefficient (Wildman–Crippen LogP) is 1.64. The van der Waals surface area contributed by atoms with Crippen LogP contribution >= 0.6 is 11.6 Å². The van der Waals surface area contributed by atoms with E-state index in [1.165, 1.54) is 6.20 Å². The number of nitrogens with two attached hydrogens (primary N) is 1. The van der Waals surface area contributed by atoms with E-state index in [1.54, 1.807) is 13.0 Å². The summed E-state index contributed by atoms with van der Waals surface area (Å²) in [6.07, 6.45) is 1.50. The third-order valence-corrected chi connectivity index (χ3v) is 4.22. The lowest BCUT2D eigenvalue weighted by Crippen LogP contribution is -2.25. The second-order valence-electron chi connectivity index (χ2n) is 4.23. The molecule has 0 aliphatic carbocycles. The molecule has 1 heterocycles. The molecule has 112 valence electrons. The van der Waals surface area contributed by atoms with Crippen molar-refractivity contribution in [2.45, 2.75) is 18.4 Å². The molecular formula is C12H12ClFN4O2S. The lowest BCUT2D eigenvalue weighted by atomic mass is 10.3. The normalized spacial score (nSPS) is 11.6. The number of nitrogens with one attached hydrogen (secondary N) is 1. The molecule has 0 unspecified atom stereocenters. The summed E-state index contributed by atoms with van der Waals surface area (Å²) < 4.78 is 40.3. The van der Waals surface area contributed by atoms with Crippen LogP contribution in [-0.2, 0) is 16.6 Å². The highest BCUT2D eigenvalue weighted by Crippen LogP contribution is 2.25. The Morgan fingerprint density at radius 3 is 2.81 bits per heavy atom. The van der Waals surface area contributed by atoms with Crippen molar-refractivity contribution < 1.29 is 12.8 Å². The van der Waals surface area contributed by atoms with Crippen molar-refractivity contribution in [3.8, 4) is 0 Å². The van der Waals surface area contributed by atoms with Crippen molar-refractivity contribution in [3.63, 3.8) is 0 Å². The van der Waals surface area contributed by atoms with Gasteiger partial charge in [0.25, 0.3) is 0 Å². The Morgan fingerprint density at radius 2 is 2.14 bits per heavy atom. The third kappa shape index (κ3) is 3.66. The number of hydrogen-bond acceptors (Lipinski definition) is 5. The van der Waals surface area contributed by atoms with Crippen LogP contribution in [0.4, 0.5) is 10.1 Å². The third-order valence-electron chi connectivity index (χ3n) is 2.60. The first-order chi connectivity index (χ1) is 9.79. The number of halogens is 2. The zero-order chi connectivity index (χ0) is 15.6. The Balaban J connectivity index is 2.27. The number of benzene rings is 1. The number of nitrogens with zero attached hydrogens (tertiary/aromatic N) is 2. The molecular weight excluding hydrogens is 319 g/mol. The van der Waals surface area contributed by atoms with Crippen LogP contribution in [-0.4, -0.2) is 18.4 Å². The minimum absolute atomic E-state index is 0.0344. The monoisotopic (exact) mass is 330 g/mol. The van der Waals surface area contributed by atoms with E-state index in [-0.39, 0.29) is 17.3 Å². The quantitative estimate of drug-likeness (QED) is 0.830. The number of nitrogen functional groups attached to an aromatic ring is 1. The summed E-state index contributed by atoms with van der Waals surface area (Å²) in [5, 5.41) is 0.0344. The molecule has 0 spiro atoms. The molecule has 2 rings (SSSR count). The summed E-state index contributed by atoms with van der Waals surface area (Å²) in [6.45, 7) is 1.58. The van der Waals surface area contributed by atoms with Crippen LogP contribution in [0.2, 0.25) is 5.02 Å². The molecule has 3 N–H and O–H groups in total. The summed E-state index contributed by atoms with van der Waals surface area (Å²) in [5.41, 5.74) is 5.50. The Hall–Kier alpha value is -1.77. The molecule has 0 amide bonds. The Labute approximate surface area is 126 Å². The summed E-state index contributed by atoms with van der Waals surface area (Å²) in [5.74, 6) is -0.532. The number of aryl methyl sites for hydroxylation is 1. The average molecular weight is 331 g/mol. The molecule has 9 heteroatoms. The van der Waals surface area contributed by atoms with Gasteiger partial charge in [-0.3, -0.25) is 0 Å². The minimum atomic E-state index is -4.10. The largest absolute Gasteiger partial charge is 0.396 e. The van der Waals surface area contributed by atoms with Crippen LogP contribution in [0.3, 0.4) is 0 Å². The van der Waals surface area contributed by atoms with Gasteiger partial charge in [0, 0.05) is 11.2 Å². The highest BCUT2D eigenvalue weighted by molar-refractivity contribution is 7.89. The topological polar surface area (TPSA) is 98.0 Å². The zero-order valence-electron chi connectivity index (χ0n) is 11.0. The Kier molecular flexibility index (Phi) is 4.40. The van der Waals surface area contributed by atoms with E-state index in [2.05, 4.69) is 14.7 Å². The molecule has 2 aromatic rings. The predicted molar refractivity (Wildman–Crippen MR) is 76.6 cm³/mol. The van der Waals surface area contributed by atoms with Gasteiger partial charge >= 0.3 is 0 Å². The molecule has 1 aromatic carbocycles. The maximum Gasteiger partial charge on any atom is 0.243 e. The number of hydrogen-bond donors (Lipinski definition) is 2. The molecule has 0 radical (unpaired) electrons. The minimum Gasteiger partial charge on any atom is -0.396 e. The van der Waals surface area contributed by atoms with Gasteiger partial charge in [0.05, 0.1) is 17.9 Å². The smallest absolute Gasteiger partial charge is 0.243 e. The standard InChI is InChI=1S/C12H12ClFN4O2S/c1-7-16-3-2-9(18-7)6-17-21(19,20)11-5-8(13)4-10(15)12(11)14/h2-5,17H,6,15H2,1H3. The first kappa shape index (κ1) is 15.6. The van der Waals surface area contributed by atoms with Crippen LogP contribution in [0.5, 0.6) is 0 Å². The molecule has 0 saturated heterocycles. The van der Waals surface area contributed by atoms with E-state index in [9.17, 15) is 12.8 Å². The van der Waals surface area contributed by atoms with Gasteiger partial charge in [-0.15, -0.1) is 0 Å². The van der Waals surface area contributed by atoms with Crippen molar-refractivity contribution in [2.24, 2.45) is 0 Å². The highest BCUT2D eigenvalue weighted by atomic mass is 35.5. The molecule has 0 saturated carbocycles. The fraction of sp³-hybridized carbons (Fsp3) is 0.167. The van der Waals surface area contributed by atoms with Crippen LogP contribution in [0, 0.1) is 12.7 Å². The molecule has 0 bridgehead atoms. The van der Waals surface area contributed by atoms with Crippen LogP contribution in [0.15, 0.2) is 29.3 Å². The number of aromatic nitrogens is 2. The molecule has 6 nitrogen and oxygen atoms in total. The van der Waals surface area contributed by atoms with Crippen molar-refractivity contribution in [1.82, 2.24) is 14.7 Å². The number of anilines is 1. The highest BCUT2D eigenvalue weighted by Gasteiger charge is 2.21. The van der Waals surface area contributed by atoms with Crippen molar-refractivity contribution in [3.05, 3.63) is 46.8 Å². The maximum atomic E-state index is 13.8. The first-order valence-electron chi connectivity index (χ1n) is 5.82. The molecule has 0 fully saturated rings. The van der Waals surface area contributed by atoms with Gasteiger partial charge < -0.3 is 5.73 Å². The van der Waals surface area contributed by atoms with Gasteiger partial charge in [0.2, 0.25) is 10.0 Å². The van der Waals surface area contributed by atoms with Crippen LogP contribution in [0.25, 0.3) is 0 Å². The molecule has 21 heavy (non-hydrogen) atoms. The van der Waals surface area contributed by atoms with Gasteiger partial charge in [0.15, 0.2) is 5.82 Å². The van der Waals surface area contributed by atoms with E-state index in [4.69, 9.17) is 17.3 Å². The van der Waals surface area contributed by atoms with Crippen molar-refractivity contribution in [1.29, 1.82) is 0 Å². The summed E-state index contributed by atoms with van der Waals surface area (Å²) >= 11 is 5.71. The Morgan fingerprint density at radius 1 is 1.43 bits per heavy atom. The molecule has 1 aromatic heterocycles. The van der Waals surface area contributed by atoms with E-state index < -0.39 is 20.7 Å². The van der Waals surface area contributed by atoms with Crippen molar-refractivity contribution >= 4 is 27.3 Å². The summed E-state index contributed by atoms with van der Waals surface area (Å²) in [4.78, 5) is 7.34. The fourth-order valence-corrected chi connectivity index (χ4v) is 3.05. The second-order valence-corrected chi connectivity index (χ2v) is 6.40. The van der Waals surface area contributed by atoms with Gasteiger partial charge in [0.1, 0.15) is 10.7 Å². The van der Waals surface area contributed by atoms with Gasteiger partial charge in [-0.05, 0) is 25.1 Å². The zero-order valence-corrected chi connectivity index (χ0v) is 12.5. The van der Waals surface area contributed by atoms with Gasteiger partial charge in [-0.1, -0.05) is 11.6 Å². The Bertz CT molecular complexity index is 783. The molecule has 0 aliphatic heterocycles. The molecule has 0 aliphatic rings. The molecule has 0 atom stereocenters. The van der Waals surface area contributed by atoms with E-state index in [0.717, 1.165) is 12.1 Å². The van der Waals surface area contributed by atoms with E-state index >= 15 is 0 Å². The second kappa shape index (κ2) is 5.92.